The Hall–Kier alpha value is -0.563. The van der Waals surface area contributed by atoms with Crippen molar-refractivity contribution in [3.05, 3.63) is 24.3 Å². The van der Waals surface area contributed by atoms with Gasteiger partial charge in [0.05, 0.1) is 0 Å². The minimum absolute atomic E-state index is 0. The predicted octanol–water partition coefficient (Wildman–Crippen LogP) is 0.215. The van der Waals surface area contributed by atoms with Gasteiger partial charge in [0.15, 0.2) is 0 Å². The summed E-state index contributed by atoms with van der Waals surface area (Å²) in [6, 6.07) is 8.48. The van der Waals surface area contributed by atoms with Gasteiger partial charge in [-0.1, -0.05) is 24.3 Å². The van der Waals surface area contributed by atoms with Gasteiger partial charge in [-0.25, -0.2) is 0 Å². The minimum Gasteiger partial charge on any atom is -0.0538 e. The molecule has 0 heterocycles. The van der Waals surface area contributed by atoms with E-state index in [2.05, 4.69) is 24.3 Å². The molecular weight excluding hydrogens is 100 g/mol. The Balaban J connectivity index is 0.000000245. The van der Waals surface area contributed by atoms with Crippen molar-refractivity contribution in [1.82, 2.24) is 0 Å². The van der Waals surface area contributed by atoms with E-state index in [-0.39, 0.29) is 11.0 Å². The quantitative estimate of drug-likeness (QED) is 0.423. The van der Waals surface area contributed by atoms with Crippen molar-refractivity contribution in [2.45, 2.75) is 0 Å². The fraction of sp³-hybridized carbons (Fsp3) is 0. The summed E-state index contributed by atoms with van der Waals surface area (Å²) >= 11 is 0. The molecule has 0 spiro atoms. The van der Waals surface area contributed by atoms with Gasteiger partial charge in [0.2, 0.25) is 0 Å². The van der Waals surface area contributed by atoms with Crippen molar-refractivity contribution in [3.8, 4) is 11.1 Å². The summed E-state index contributed by atoms with van der Waals surface area (Å²) in [5.41, 5.74) is 2.85. The third-order valence-electron chi connectivity index (χ3n) is 1.22. The molecule has 36 valence electrons. The fourth-order valence-electron chi connectivity index (χ4n) is 0.663. The maximum Gasteiger partial charge on any atom is -0.0149 e. The molecule has 2 aliphatic carbocycles. The number of fused-ring (bicyclic) bond motifs is 1. The first-order valence-electron chi connectivity index (χ1n) is 2.07. The standard InChI is InChI=1S/C6H4.H4Si/c1-2-6-4-3-5(1)6;/h1-4H;1H4. The predicted molar refractivity (Wildman–Crippen MR) is 36.8 cm³/mol. The molecule has 0 radical (unpaired) electrons. The number of rotatable bonds is 0. The highest BCUT2D eigenvalue weighted by molar-refractivity contribution is 5.75. The Labute approximate surface area is 47.2 Å². The van der Waals surface area contributed by atoms with Gasteiger partial charge in [-0.2, -0.15) is 0 Å². The maximum absolute atomic E-state index is 2.12. The average Bonchev–Trinajstić information content (AvgIpc) is 1.54. The molecule has 2 rings (SSSR count). The van der Waals surface area contributed by atoms with Crippen molar-refractivity contribution in [1.29, 1.82) is 0 Å². The molecule has 0 bridgehead atoms. The molecule has 0 aromatic rings. The third-order valence-corrected chi connectivity index (χ3v) is 1.22. The first-order valence-corrected chi connectivity index (χ1v) is 2.07. The summed E-state index contributed by atoms with van der Waals surface area (Å²) in [6.45, 7) is 0. The molecule has 0 saturated heterocycles. The van der Waals surface area contributed by atoms with Crippen molar-refractivity contribution in [3.63, 3.8) is 0 Å². The van der Waals surface area contributed by atoms with Crippen LogP contribution >= 0.6 is 0 Å². The zero-order chi connectivity index (χ0) is 3.98. The van der Waals surface area contributed by atoms with Gasteiger partial charge in [0.1, 0.15) is 0 Å². The van der Waals surface area contributed by atoms with Gasteiger partial charge in [-0.3, -0.25) is 0 Å². The summed E-state index contributed by atoms with van der Waals surface area (Å²) in [6.07, 6.45) is 0. The van der Waals surface area contributed by atoms with Crippen LogP contribution in [0.2, 0.25) is 0 Å². The van der Waals surface area contributed by atoms with E-state index in [0.29, 0.717) is 0 Å². The monoisotopic (exact) mass is 108 g/mol. The number of hydrogen-bond acceptors (Lipinski definition) is 0. The van der Waals surface area contributed by atoms with Gasteiger partial charge < -0.3 is 0 Å². The van der Waals surface area contributed by atoms with Crippen LogP contribution in [0.1, 0.15) is 0 Å². The summed E-state index contributed by atoms with van der Waals surface area (Å²) in [7, 11) is 0. The lowest BCUT2D eigenvalue weighted by Crippen LogP contribution is -1.85. The van der Waals surface area contributed by atoms with E-state index >= 15 is 0 Å². The van der Waals surface area contributed by atoms with Crippen molar-refractivity contribution in [2.24, 2.45) is 0 Å². The van der Waals surface area contributed by atoms with Crippen LogP contribution in [0.5, 0.6) is 0 Å². The molecule has 0 fully saturated rings. The number of benzene rings is 1. The Morgan fingerprint density at radius 3 is 1.00 bits per heavy atom. The Bertz CT molecular complexity index is 143. The van der Waals surface area contributed by atoms with E-state index in [9.17, 15) is 0 Å². The van der Waals surface area contributed by atoms with Gasteiger partial charge in [-0.15, -0.1) is 0 Å². The minimum atomic E-state index is 0. The van der Waals surface area contributed by atoms with Crippen LogP contribution in [0.4, 0.5) is 0 Å². The van der Waals surface area contributed by atoms with Crippen LogP contribution in [0, 0.1) is 0 Å². The zero-order valence-corrected chi connectivity index (χ0v) is 3.31. The van der Waals surface area contributed by atoms with Gasteiger partial charge in [0.25, 0.3) is 0 Å². The Kier molecular flexibility index (Phi) is 0.788. The summed E-state index contributed by atoms with van der Waals surface area (Å²) in [4.78, 5) is 0. The van der Waals surface area contributed by atoms with Gasteiger partial charge in [-0.05, 0) is 22.1 Å². The molecule has 1 heteroatoms. The lowest BCUT2D eigenvalue weighted by atomic mass is 9.95. The highest BCUT2D eigenvalue weighted by Gasteiger charge is 2.03. The van der Waals surface area contributed by atoms with Crippen LogP contribution in [0.25, 0.3) is 11.1 Å². The van der Waals surface area contributed by atoms with E-state index in [1.807, 2.05) is 0 Å². The summed E-state index contributed by atoms with van der Waals surface area (Å²) in [5.74, 6) is 0. The Morgan fingerprint density at radius 2 is 1.00 bits per heavy atom. The molecule has 0 N–H and O–H groups in total. The second-order valence-electron chi connectivity index (χ2n) is 1.58. The molecule has 0 amide bonds. The lowest BCUT2D eigenvalue weighted by Gasteiger charge is -2.10. The molecule has 0 saturated carbocycles. The average molecular weight is 108 g/mol. The van der Waals surface area contributed by atoms with Crippen LogP contribution in [0.15, 0.2) is 24.3 Å². The van der Waals surface area contributed by atoms with Crippen molar-refractivity contribution < 1.29 is 0 Å². The van der Waals surface area contributed by atoms with E-state index in [1.165, 1.54) is 11.1 Å². The molecule has 0 aliphatic heterocycles. The van der Waals surface area contributed by atoms with Crippen LogP contribution in [-0.4, -0.2) is 11.0 Å². The lowest BCUT2D eigenvalue weighted by molar-refractivity contribution is 1.55. The van der Waals surface area contributed by atoms with E-state index in [1.54, 1.807) is 0 Å². The van der Waals surface area contributed by atoms with Crippen LogP contribution in [-0.2, 0) is 0 Å². The summed E-state index contributed by atoms with van der Waals surface area (Å²) < 4.78 is 0. The van der Waals surface area contributed by atoms with Crippen LogP contribution < -0.4 is 0 Å². The molecule has 0 aromatic carbocycles. The smallest absolute Gasteiger partial charge is 0.0149 e. The molecule has 0 atom stereocenters. The largest absolute Gasteiger partial charge is 0.0538 e. The molecule has 7 heavy (non-hydrogen) atoms. The fourth-order valence-corrected chi connectivity index (χ4v) is 0.663. The van der Waals surface area contributed by atoms with Crippen LogP contribution in [0.3, 0.4) is 0 Å². The highest BCUT2D eigenvalue weighted by atomic mass is 28.1. The molecule has 0 aromatic heterocycles. The topological polar surface area (TPSA) is 0 Å². The first-order chi connectivity index (χ1) is 2.97. The Morgan fingerprint density at radius 1 is 0.714 bits per heavy atom. The normalized spacial score (nSPS) is 9.71. The van der Waals surface area contributed by atoms with E-state index in [0.717, 1.165) is 0 Å². The van der Waals surface area contributed by atoms with Gasteiger partial charge in [0, 0.05) is 0 Å². The molecular formula is C6H8Si. The SMILES string of the molecule is [SiH4].c1cc2ccc1-2. The molecule has 0 unspecified atom stereocenters. The van der Waals surface area contributed by atoms with Crippen molar-refractivity contribution >= 4 is 11.0 Å². The molecule has 2 aliphatic rings. The van der Waals surface area contributed by atoms with Gasteiger partial charge >= 0.3 is 0 Å². The maximum atomic E-state index is 2.12. The third kappa shape index (κ3) is 0.356. The second-order valence-corrected chi connectivity index (χ2v) is 1.58. The van der Waals surface area contributed by atoms with E-state index in [4.69, 9.17) is 0 Å². The van der Waals surface area contributed by atoms with E-state index < -0.39 is 0 Å². The summed E-state index contributed by atoms with van der Waals surface area (Å²) in [5, 5.41) is 0. The second kappa shape index (κ2) is 1.20. The highest BCUT2D eigenvalue weighted by Crippen LogP contribution is 2.29. The molecule has 0 nitrogen and oxygen atoms in total. The zero-order valence-electron chi connectivity index (χ0n) is 3.31. The van der Waals surface area contributed by atoms with Crippen molar-refractivity contribution in [2.75, 3.05) is 0 Å². The number of hydrogen-bond donors (Lipinski definition) is 0. The first kappa shape index (κ1) is 4.59.